The van der Waals surface area contributed by atoms with E-state index < -0.39 is 47.3 Å². The number of nitrogens with one attached hydrogen (secondary N) is 1. The zero-order valence-corrected chi connectivity index (χ0v) is 17.7. The molecule has 10 nitrogen and oxygen atoms in total. The number of rotatable bonds is 7. The van der Waals surface area contributed by atoms with Gasteiger partial charge in [-0.25, -0.2) is 9.59 Å². The second kappa shape index (κ2) is 10.0. The van der Waals surface area contributed by atoms with Crippen LogP contribution in [0.5, 0.6) is 0 Å². The lowest BCUT2D eigenvalue weighted by Crippen LogP contribution is -2.62. The van der Waals surface area contributed by atoms with Crippen molar-refractivity contribution in [2.75, 3.05) is 27.4 Å². The Labute approximate surface area is 179 Å². The normalized spacial score (nSPS) is 21.5. The lowest BCUT2D eigenvalue weighted by atomic mass is 9.77. The van der Waals surface area contributed by atoms with Crippen LogP contribution in [0.2, 0.25) is 0 Å². The third kappa shape index (κ3) is 4.22. The molecule has 166 valence electrons. The average Bonchev–Trinajstić information content (AvgIpc) is 3.15. The first kappa shape index (κ1) is 23.8. The summed E-state index contributed by atoms with van der Waals surface area (Å²) in [5, 5.41) is 11.9. The number of nitriles is 1. The number of nitrogens with zero attached hydrogens (tertiary/aromatic N) is 1. The van der Waals surface area contributed by atoms with Crippen LogP contribution in [0.1, 0.15) is 31.0 Å². The van der Waals surface area contributed by atoms with Crippen molar-refractivity contribution in [2.45, 2.75) is 25.4 Å². The van der Waals surface area contributed by atoms with E-state index in [1.54, 1.807) is 12.1 Å². The fourth-order valence-corrected chi connectivity index (χ4v) is 3.75. The topological polar surface area (TPSA) is 141 Å². The van der Waals surface area contributed by atoms with Crippen LogP contribution in [0.3, 0.4) is 0 Å². The van der Waals surface area contributed by atoms with Crippen molar-refractivity contribution in [3.8, 4) is 6.07 Å². The minimum absolute atomic E-state index is 0.0833. The molecule has 0 unspecified atom stereocenters. The molecule has 1 saturated heterocycles. The third-order valence-electron chi connectivity index (χ3n) is 5.09. The van der Waals surface area contributed by atoms with Gasteiger partial charge in [-0.05, 0) is 31.5 Å². The van der Waals surface area contributed by atoms with Crippen molar-refractivity contribution in [3.63, 3.8) is 0 Å². The van der Waals surface area contributed by atoms with Crippen molar-refractivity contribution >= 4 is 23.9 Å². The molecule has 10 heteroatoms. The largest absolute Gasteiger partial charge is 0.469 e. The second-order valence-corrected chi connectivity index (χ2v) is 6.65. The van der Waals surface area contributed by atoms with E-state index in [1.807, 2.05) is 6.07 Å². The summed E-state index contributed by atoms with van der Waals surface area (Å²) in [6, 6.07) is 7.07. The van der Waals surface area contributed by atoms with Crippen molar-refractivity contribution in [1.82, 2.24) is 5.32 Å². The van der Waals surface area contributed by atoms with E-state index in [9.17, 15) is 19.2 Å². The van der Waals surface area contributed by atoms with Crippen LogP contribution >= 0.6 is 0 Å². The third-order valence-corrected chi connectivity index (χ3v) is 5.09. The first-order chi connectivity index (χ1) is 14.8. The predicted octanol–water partition coefficient (Wildman–Crippen LogP) is 0.646. The van der Waals surface area contributed by atoms with Gasteiger partial charge in [-0.1, -0.05) is 12.1 Å². The van der Waals surface area contributed by atoms with Crippen molar-refractivity contribution in [3.05, 3.63) is 35.4 Å². The highest BCUT2D eigenvalue weighted by Gasteiger charge is 2.69. The SMILES string of the molecule is CCOC(=O)C1(C(=O)OCC)N[C@@H](c2ccc(C#N)cc2)[C@@H](C(=O)OC)[C@@H]1C(=O)OC. The summed E-state index contributed by atoms with van der Waals surface area (Å²) in [7, 11) is 2.20. The van der Waals surface area contributed by atoms with Gasteiger partial charge in [0.1, 0.15) is 5.92 Å². The summed E-state index contributed by atoms with van der Waals surface area (Å²) < 4.78 is 19.9. The molecular weight excluding hydrogens is 408 g/mol. The molecule has 0 spiro atoms. The van der Waals surface area contributed by atoms with Crippen molar-refractivity contribution < 1.29 is 38.1 Å². The Morgan fingerprint density at radius 3 is 1.90 bits per heavy atom. The Morgan fingerprint density at radius 2 is 1.48 bits per heavy atom. The summed E-state index contributed by atoms with van der Waals surface area (Å²) in [5.74, 6) is -6.92. The van der Waals surface area contributed by atoms with Crippen molar-refractivity contribution in [1.29, 1.82) is 5.26 Å². The van der Waals surface area contributed by atoms with E-state index in [4.69, 9.17) is 24.2 Å². The summed E-state index contributed by atoms with van der Waals surface area (Å²) in [6.45, 7) is 2.91. The molecule has 1 aromatic rings. The standard InChI is InChI=1S/C21H24N2O8/c1-5-30-19(26)21(20(27)31-6-2)15(18(25)29-4)14(17(24)28-3)16(23-21)13-9-7-12(11-22)8-10-13/h7-10,14-16,23H,5-6H2,1-4H3/t14-,15+,16-/m0/s1. The molecular formula is C21H24N2O8. The second-order valence-electron chi connectivity index (χ2n) is 6.65. The number of carbonyl (C=O) groups is 4. The van der Waals surface area contributed by atoms with Gasteiger partial charge >= 0.3 is 23.9 Å². The monoisotopic (exact) mass is 432 g/mol. The average molecular weight is 432 g/mol. The Bertz CT molecular complexity index is 872. The highest BCUT2D eigenvalue weighted by atomic mass is 16.6. The molecule has 0 saturated carbocycles. The van der Waals surface area contributed by atoms with Gasteiger partial charge in [0, 0.05) is 6.04 Å². The number of hydrogen-bond donors (Lipinski definition) is 1. The lowest BCUT2D eigenvalue weighted by Gasteiger charge is -2.30. The van der Waals surface area contributed by atoms with Crippen molar-refractivity contribution in [2.24, 2.45) is 11.8 Å². The molecule has 0 aromatic heterocycles. The number of carbonyl (C=O) groups excluding carboxylic acids is 4. The highest BCUT2D eigenvalue weighted by Crippen LogP contribution is 2.46. The van der Waals surface area contributed by atoms with Crippen LogP contribution in [0.15, 0.2) is 24.3 Å². The van der Waals surface area contributed by atoms with Gasteiger partial charge in [0.2, 0.25) is 5.54 Å². The smallest absolute Gasteiger partial charge is 0.339 e. The zero-order chi connectivity index (χ0) is 23.2. The quantitative estimate of drug-likeness (QED) is 0.371. The van der Waals surface area contributed by atoms with Crippen LogP contribution < -0.4 is 5.32 Å². The molecule has 2 rings (SSSR count). The van der Waals surface area contributed by atoms with Gasteiger partial charge in [-0.3, -0.25) is 14.9 Å². The maximum Gasteiger partial charge on any atom is 0.339 e. The molecule has 1 aromatic carbocycles. The van der Waals surface area contributed by atoms with Gasteiger partial charge in [0.05, 0.1) is 45.0 Å². The van der Waals surface area contributed by atoms with E-state index in [-0.39, 0.29) is 13.2 Å². The Morgan fingerprint density at radius 1 is 0.968 bits per heavy atom. The molecule has 3 atom stereocenters. The summed E-state index contributed by atoms with van der Waals surface area (Å²) in [4.78, 5) is 51.7. The fourth-order valence-electron chi connectivity index (χ4n) is 3.75. The Balaban J connectivity index is 2.76. The maximum atomic E-state index is 13.1. The van der Waals surface area contributed by atoms with Gasteiger partial charge < -0.3 is 18.9 Å². The number of hydrogen-bond acceptors (Lipinski definition) is 10. The minimum atomic E-state index is -2.34. The molecule has 1 heterocycles. The van der Waals surface area contributed by atoms with Gasteiger partial charge in [0.25, 0.3) is 0 Å². The molecule has 1 N–H and O–H groups in total. The molecule has 1 fully saturated rings. The van der Waals surface area contributed by atoms with Crippen LogP contribution in [0, 0.1) is 23.2 Å². The Hall–Kier alpha value is -3.45. The molecule has 31 heavy (non-hydrogen) atoms. The van der Waals surface area contributed by atoms with Gasteiger partial charge in [0.15, 0.2) is 0 Å². The molecule has 1 aliphatic heterocycles. The van der Waals surface area contributed by atoms with Crippen LogP contribution in [-0.4, -0.2) is 56.8 Å². The molecule has 1 aliphatic rings. The summed E-state index contributed by atoms with van der Waals surface area (Å²) >= 11 is 0. The number of methoxy groups -OCH3 is 2. The molecule has 0 bridgehead atoms. The summed E-state index contributed by atoms with van der Waals surface area (Å²) in [5.41, 5.74) is -1.53. The molecule has 0 radical (unpaired) electrons. The van der Waals surface area contributed by atoms with Gasteiger partial charge in [-0.15, -0.1) is 0 Å². The van der Waals surface area contributed by atoms with E-state index >= 15 is 0 Å². The number of esters is 4. The first-order valence-electron chi connectivity index (χ1n) is 9.60. The van der Waals surface area contributed by atoms with Crippen LogP contribution in [0.4, 0.5) is 0 Å². The van der Waals surface area contributed by atoms with E-state index in [1.165, 1.54) is 26.0 Å². The molecule has 0 amide bonds. The number of ether oxygens (including phenoxy) is 4. The lowest BCUT2D eigenvalue weighted by molar-refractivity contribution is -0.175. The fraction of sp³-hybridized carbons (Fsp3) is 0.476. The summed E-state index contributed by atoms with van der Waals surface area (Å²) in [6.07, 6.45) is 0. The molecule has 0 aliphatic carbocycles. The van der Waals surface area contributed by atoms with Crippen LogP contribution in [0.25, 0.3) is 0 Å². The Kier molecular flexibility index (Phi) is 7.72. The van der Waals surface area contributed by atoms with E-state index in [2.05, 4.69) is 5.32 Å². The predicted molar refractivity (Wildman–Crippen MR) is 104 cm³/mol. The first-order valence-corrected chi connectivity index (χ1v) is 9.60. The minimum Gasteiger partial charge on any atom is -0.469 e. The van der Waals surface area contributed by atoms with E-state index in [0.29, 0.717) is 11.1 Å². The highest BCUT2D eigenvalue weighted by molar-refractivity contribution is 6.11. The number of benzene rings is 1. The maximum absolute atomic E-state index is 13.1. The zero-order valence-electron chi connectivity index (χ0n) is 17.7. The van der Waals surface area contributed by atoms with E-state index in [0.717, 1.165) is 14.2 Å². The van der Waals surface area contributed by atoms with Crippen LogP contribution in [-0.2, 0) is 38.1 Å². The van der Waals surface area contributed by atoms with Gasteiger partial charge in [-0.2, -0.15) is 5.26 Å².